The van der Waals surface area contributed by atoms with Crippen LogP contribution in [-0.2, 0) is 9.53 Å². The van der Waals surface area contributed by atoms with Crippen molar-refractivity contribution in [3.05, 3.63) is 89.1 Å². The topological polar surface area (TPSA) is 92.7 Å². The number of carbonyl (C=O) groups excluding carboxylic acids is 2. The Balaban J connectivity index is 1.56. The molecule has 34 heavy (non-hydrogen) atoms. The van der Waals surface area contributed by atoms with Crippen molar-refractivity contribution in [2.45, 2.75) is 0 Å². The van der Waals surface area contributed by atoms with Crippen LogP contribution in [0, 0.1) is 0 Å². The first kappa shape index (κ1) is 22.6. The van der Waals surface area contributed by atoms with Gasteiger partial charge >= 0.3 is 11.9 Å². The summed E-state index contributed by atoms with van der Waals surface area (Å²) in [6.45, 7) is 0. The van der Waals surface area contributed by atoms with Crippen LogP contribution in [0.15, 0.2) is 77.4 Å². The van der Waals surface area contributed by atoms with Crippen LogP contribution in [0.3, 0.4) is 0 Å². The predicted octanol–water partition coefficient (Wildman–Crippen LogP) is 4.28. The van der Waals surface area contributed by atoms with Gasteiger partial charge in [0.05, 0.1) is 21.3 Å². The lowest BCUT2D eigenvalue weighted by atomic mass is 10.1. The minimum Gasteiger partial charge on any atom is -0.497 e. The van der Waals surface area contributed by atoms with Gasteiger partial charge in [-0.2, -0.15) is 0 Å². The summed E-state index contributed by atoms with van der Waals surface area (Å²) in [6, 6.07) is 18.6. The van der Waals surface area contributed by atoms with Gasteiger partial charge in [0.25, 0.3) is 0 Å². The van der Waals surface area contributed by atoms with Crippen molar-refractivity contribution in [1.29, 1.82) is 0 Å². The van der Waals surface area contributed by atoms with Crippen LogP contribution >= 0.6 is 0 Å². The van der Waals surface area contributed by atoms with E-state index in [4.69, 9.17) is 23.7 Å². The molecule has 0 N–H and O–H groups in total. The summed E-state index contributed by atoms with van der Waals surface area (Å²) in [7, 11) is 4.50. The molecule has 0 aliphatic carbocycles. The number of hydrogen-bond donors (Lipinski definition) is 0. The number of aliphatic imine (C=N–C) groups is 1. The van der Waals surface area contributed by atoms with Crippen LogP contribution in [0.5, 0.6) is 23.0 Å². The van der Waals surface area contributed by atoms with Crippen LogP contribution in [0.25, 0.3) is 6.08 Å². The minimum absolute atomic E-state index is 0.131. The summed E-state index contributed by atoms with van der Waals surface area (Å²) >= 11 is 0. The number of hydrogen-bond acceptors (Lipinski definition) is 8. The van der Waals surface area contributed by atoms with E-state index in [1.54, 1.807) is 79.9 Å². The van der Waals surface area contributed by atoms with E-state index in [0.29, 0.717) is 28.4 Å². The molecule has 0 fully saturated rings. The number of carbonyl (C=O) groups is 2. The number of methoxy groups -OCH3 is 3. The molecule has 0 amide bonds. The highest BCUT2D eigenvalue weighted by atomic mass is 16.6. The number of benzene rings is 3. The number of ether oxygens (including phenoxy) is 5. The summed E-state index contributed by atoms with van der Waals surface area (Å²) in [6.07, 6.45) is 1.56. The molecule has 4 rings (SSSR count). The summed E-state index contributed by atoms with van der Waals surface area (Å²) < 4.78 is 26.5. The molecule has 1 heterocycles. The Bertz CT molecular complexity index is 1290. The molecule has 0 aromatic heterocycles. The van der Waals surface area contributed by atoms with Gasteiger partial charge in [-0.05, 0) is 60.2 Å². The molecule has 8 heteroatoms. The van der Waals surface area contributed by atoms with E-state index < -0.39 is 11.9 Å². The van der Waals surface area contributed by atoms with Gasteiger partial charge in [0.1, 0.15) is 17.1 Å². The molecule has 1 aliphatic heterocycles. The largest absolute Gasteiger partial charge is 0.497 e. The van der Waals surface area contributed by atoms with Crippen molar-refractivity contribution < 1.29 is 33.3 Å². The molecule has 0 radical (unpaired) electrons. The zero-order chi connectivity index (χ0) is 24.1. The Hall–Kier alpha value is -4.59. The van der Waals surface area contributed by atoms with E-state index >= 15 is 0 Å². The fourth-order valence-electron chi connectivity index (χ4n) is 3.25. The highest BCUT2D eigenvalue weighted by Crippen LogP contribution is 2.31. The van der Waals surface area contributed by atoms with E-state index in [0.717, 1.165) is 0 Å². The average molecular weight is 459 g/mol. The maximum atomic E-state index is 12.6. The Labute approximate surface area is 196 Å². The lowest BCUT2D eigenvalue weighted by Gasteiger charge is -2.11. The summed E-state index contributed by atoms with van der Waals surface area (Å²) in [5.41, 5.74) is 1.67. The maximum Gasteiger partial charge on any atom is 0.363 e. The van der Waals surface area contributed by atoms with Gasteiger partial charge in [0.2, 0.25) is 5.90 Å². The normalized spacial score (nSPS) is 13.8. The highest BCUT2D eigenvalue weighted by Gasteiger charge is 2.24. The van der Waals surface area contributed by atoms with Gasteiger partial charge in [-0.15, -0.1) is 0 Å². The second-order valence-corrected chi connectivity index (χ2v) is 7.06. The monoisotopic (exact) mass is 459 g/mol. The number of cyclic esters (lactones) is 1. The molecule has 0 atom stereocenters. The van der Waals surface area contributed by atoms with E-state index in [9.17, 15) is 9.59 Å². The van der Waals surface area contributed by atoms with Crippen LogP contribution in [0.2, 0.25) is 0 Å². The smallest absolute Gasteiger partial charge is 0.363 e. The standard InChI is InChI=1S/C26H21NO7/c1-30-18-11-9-17(10-12-18)24-27-20(26(29)34-24)14-16-8-13-22(23(15-16)32-3)33-25(28)19-6-4-5-7-21(19)31-2/h4-15H,1-3H3/b20-14+. The SMILES string of the molecule is COc1ccc(C2=N/C(=C/c3ccc(OC(=O)c4ccccc4OC)c(OC)c3)C(=O)O2)cc1. The number of esters is 2. The summed E-state index contributed by atoms with van der Waals surface area (Å²) in [5, 5.41) is 0. The maximum absolute atomic E-state index is 12.6. The lowest BCUT2D eigenvalue weighted by molar-refractivity contribution is -0.129. The minimum atomic E-state index is -0.588. The second-order valence-electron chi connectivity index (χ2n) is 7.06. The zero-order valence-electron chi connectivity index (χ0n) is 18.7. The van der Waals surface area contributed by atoms with Gasteiger partial charge in [-0.3, -0.25) is 0 Å². The van der Waals surface area contributed by atoms with Crippen molar-refractivity contribution in [3.63, 3.8) is 0 Å². The first-order valence-corrected chi connectivity index (χ1v) is 10.2. The van der Waals surface area contributed by atoms with E-state index in [-0.39, 0.29) is 22.9 Å². The molecule has 0 saturated heterocycles. The molecular weight excluding hydrogens is 438 g/mol. The average Bonchev–Trinajstić information content (AvgIpc) is 3.24. The number of rotatable bonds is 7. The van der Waals surface area contributed by atoms with Crippen molar-refractivity contribution in [1.82, 2.24) is 0 Å². The third kappa shape index (κ3) is 4.75. The zero-order valence-corrected chi connectivity index (χ0v) is 18.7. The lowest BCUT2D eigenvalue weighted by Crippen LogP contribution is -2.10. The third-order valence-corrected chi connectivity index (χ3v) is 4.98. The second kappa shape index (κ2) is 9.91. The Morgan fingerprint density at radius 2 is 1.59 bits per heavy atom. The Morgan fingerprint density at radius 3 is 2.29 bits per heavy atom. The van der Waals surface area contributed by atoms with Crippen molar-refractivity contribution >= 4 is 23.9 Å². The van der Waals surface area contributed by atoms with Gasteiger partial charge < -0.3 is 23.7 Å². The van der Waals surface area contributed by atoms with Gasteiger partial charge in [-0.25, -0.2) is 14.6 Å². The number of para-hydroxylation sites is 1. The van der Waals surface area contributed by atoms with E-state index in [1.807, 2.05) is 0 Å². The van der Waals surface area contributed by atoms with E-state index in [2.05, 4.69) is 4.99 Å². The van der Waals surface area contributed by atoms with Gasteiger partial charge in [0.15, 0.2) is 17.2 Å². The molecule has 0 bridgehead atoms. The van der Waals surface area contributed by atoms with Crippen LogP contribution in [-0.4, -0.2) is 39.2 Å². The molecule has 8 nitrogen and oxygen atoms in total. The highest BCUT2D eigenvalue weighted by molar-refractivity contribution is 6.12. The van der Waals surface area contributed by atoms with Crippen LogP contribution < -0.4 is 18.9 Å². The van der Waals surface area contributed by atoms with E-state index in [1.165, 1.54) is 14.2 Å². The molecule has 3 aromatic carbocycles. The predicted molar refractivity (Wildman–Crippen MR) is 125 cm³/mol. The fourth-order valence-corrected chi connectivity index (χ4v) is 3.25. The molecule has 0 saturated carbocycles. The Kier molecular flexibility index (Phi) is 6.59. The van der Waals surface area contributed by atoms with Gasteiger partial charge in [-0.1, -0.05) is 18.2 Å². The third-order valence-electron chi connectivity index (χ3n) is 4.98. The number of nitrogens with zero attached hydrogens (tertiary/aromatic N) is 1. The summed E-state index contributed by atoms with van der Waals surface area (Å²) in [5.74, 6) is 0.654. The van der Waals surface area contributed by atoms with Crippen molar-refractivity contribution in [3.8, 4) is 23.0 Å². The Morgan fingerprint density at radius 1 is 0.853 bits per heavy atom. The molecule has 0 unspecified atom stereocenters. The van der Waals surface area contributed by atoms with Gasteiger partial charge in [0, 0.05) is 5.56 Å². The summed E-state index contributed by atoms with van der Waals surface area (Å²) in [4.78, 5) is 29.3. The molecular formula is C26H21NO7. The quantitative estimate of drug-likeness (QED) is 0.296. The van der Waals surface area contributed by atoms with Crippen molar-refractivity contribution in [2.75, 3.05) is 21.3 Å². The first-order chi connectivity index (χ1) is 16.5. The van der Waals surface area contributed by atoms with Crippen LogP contribution in [0.1, 0.15) is 21.5 Å². The molecule has 1 aliphatic rings. The van der Waals surface area contributed by atoms with Crippen molar-refractivity contribution in [2.24, 2.45) is 4.99 Å². The fraction of sp³-hybridized carbons (Fsp3) is 0.115. The molecule has 0 spiro atoms. The van der Waals surface area contributed by atoms with Crippen LogP contribution in [0.4, 0.5) is 0 Å². The first-order valence-electron chi connectivity index (χ1n) is 10.2. The molecule has 3 aromatic rings. The molecule has 172 valence electrons.